The van der Waals surface area contributed by atoms with Gasteiger partial charge >= 0.3 is 0 Å². The van der Waals surface area contributed by atoms with Crippen LogP contribution in [0.3, 0.4) is 0 Å². The van der Waals surface area contributed by atoms with E-state index in [0.717, 1.165) is 42.0 Å². The number of hydrogen-bond acceptors (Lipinski definition) is 6. The average molecular weight is 310 g/mol. The van der Waals surface area contributed by atoms with Gasteiger partial charge in [0.1, 0.15) is 12.1 Å². The lowest BCUT2D eigenvalue weighted by Gasteiger charge is -2.32. The second-order valence-electron chi connectivity index (χ2n) is 4.25. The summed E-state index contributed by atoms with van der Waals surface area (Å²) in [5.41, 5.74) is 0. The van der Waals surface area contributed by atoms with E-state index in [9.17, 15) is 0 Å². The van der Waals surface area contributed by atoms with Gasteiger partial charge in [0, 0.05) is 25.2 Å². The number of anilines is 1. The maximum absolute atomic E-state index is 4.32. The predicted octanol–water partition coefficient (Wildman–Crippen LogP) is 1.14. The molecule has 3 heterocycles. The molecule has 1 saturated heterocycles. The Hall–Kier alpha value is -1.57. The summed E-state index contributed by atoms with van der Waals surface area (Å²) in [7, 11) is 0. The number of piperidine rings is 1. The highest BCUT2D eigenvalue weighted by atomic mass is 79.9. The van der Waals surface area contributed by atoms with Crippen molar-refractivity contribution in [3.63, 3.8) is 0 Å². The van der Waals surface area contributed by atoms with Gasteiger partial charge in [-0.25, -0.2) is 9.97 Å². The van der Waals surface area contributed by atoms with Crippen molar-refractivity contribution in [1.82, 2.24) is 30.6 Å². The Morgan fingerprint density at radius 2 is 2.39 bits per heavy atom. The second kappa shape index (κ2) is 4.97. The smallest absolute Gasteiger partial charge is 0.179 e. The summed E-state index contributed by atoms with van der Waals surface area (Å²) in [6.45, 7) is 1.85. The normalized spacial score (nSPS) is 20.1. The number of tetrazole rings is 1. The first kappa shape index (κ1) is 11.5. The fraction of sp³-hybridized carbons (Fsp3) is 0.500. The Balaban J connectivity index is 1.81. The first-order chi connectivity index (χ1) is 8.84. The van der Waals surface area contributed by atoms with Crippen molar-refractivity contribution < 1.29 is 0 Å². The van der Waals surface area contributed by atoms with Crippen LogP contribution in [-0.2, 0) is 0 Å². The number of hydrogen-bond donors (Lipinski definition) is 1. The van der Waals surface area contributed by atoms with E-state index in [1.165, 1.54) is 0 Å². The van der Waals surface area contributed by atoms with E-state index in [-0.39, 0.29) is 0 Å². The molecule has 0 aromatic carbocycles. The second-order valence-corrected chi connectivity index (χ2v) is 5.10. The van der Waals surface area contributed by atoms with Gasteiger partial charge < -0.3 is 4.90 Å². The molecule has 0 amide bonds. The van der Waals surface area contributed by atoms with E-state index in [1.807, 2.05) is 0 Å². The average Bonchev–Trinajstić information content (AvgIpc) is 2.93. The van der Waals surface area contributed by atoms with Crippen LogP contribution in [0.2, 0.25) is 0 Å². The number of rotatable bonds is 2. The van der Waals surface area contributed by atoms with Crippen LogP contribution in [0, 0.1) is 0 Å². The third-order valence-electron chi connectivity index (χ3n) is 3.10. The molecule has 0 bridgehead atoms. The Labute approximate surface area is 112 Å². The van der Waals surface area contributed by atoms with Gasteiger partial charge in [0.15, 0.2) is 5.82 Å². The molecular formula is C10H12BrN7. The van der Waals surface area contributed by atoms with Gasteiger partial charge in [0.05, 0.1) is 4.47 Å². The lowest BCUT2D eigenvalue weighted by Crippen LogP contribution is -2.35. The molecule has 1 aliphatic rings. The number of aromatic nitrogens is 6. The van der Waals surface area contributed by atoms with Crippen LogP contribution in [0.1, 0.15) is 24.6 Å². The Bertz CT molecular complexity index is 515. The maximum atomic E-state index is 4.32. The molecule has 2 aromatic rings. The molecule has 1 aliphatic heterocycles. The van der Waals surface area contributed by atoms with Crippen molar-refractivity contribution >= 4 is 21.7 Å². The summed E-state index contributed by atoms with van der Waals surface area (Å²) in [5.74, 6) is 2.02. The van der Waals surface area contributed by atoms with Crippen LogP contribution in [0.5, 0.6) is 0 Å². The number of nitrogens with zero attached hydrogens (tertiary/aromatic N) is 6. The molecule has 18 heavy (non-hydrogen) atoms. The van der Waals surface area contributed by atoms with Gasteiger partial charge in [-0.1, -0.05) is 5.21 Å². The molecule has 0 radical (unpaired) electrons. The largest absolute Gasteiger partial charge is 0.355 e. The van der Waals surface area contributed by atoms with Gasteiger partial charge in [-0.15, -0.1) is 10.2 Å². The van der Waals surface area contributed by atoms with E-state index in [1.54, 1.807) is 12.5 Å². The quantitative estimate of drug-likeness (QED) is 0.895. The van der Waals surface area contributed by atoms with E-state index in [4.69, 9.17) is 0 Å². The summed E-state index contributed by atoms with van der Waals surface area (Å²) in [5, 5.41) is 14.3. The van der Waals surface area contributed by atoms with Crippen LogP contribution >= 0.6 is 15.9 Å². The number of aromatic amines is 1. The lowest BCUT2D eigenvalue weighted by molar-refractivity contribution is 0.488. The highest BCUT2D eigenvalue weighted by Gasteiger charge is 2.26. The molecule has 1 atom stereocenters. The molecule has 94 valence electrons. The fourth-order valence-corrected chi connectivity index (χ4v) is 2.73. The molecule has 8 heteroatoms. The molecule has 0 aliphatic carbocycles. The monoisotopic (exact) mass is 309 g/mol. The van der Waals surface area contributed by atoms with Crippen molar-refractivity contribution in [3.8, 4) is 0 Å². The van der Waals surface area contributed by atoms with Crippen LogP contribution < -0.4 is 4.90 Å². The van der Waals surface area contributed by atoms with Gasteiger partial charge in [-0.3, -0.25) is 0 Å². The van der Waals surface area contributed by atoms with Gasteiger partial charge in [0.25, 0.3) is 0 Å². The minimum atomic E-state index is 0.305. The number of nitrogens with one attached hydrogen (secondary N) is 1. The fourth-order valence-electron chi connectivity index (χ4n) is 2.26. The zero-order chi connectivity index (χ0) is 12.4. The van der Waals surface area contributed by atoms with Crippen molar-refractivity contribution in [3.05, 3.63) is 22.8 Å². The molecule has 1 fully saturated rings. The van der Waals surface area contributed by atoms with Crippen LogP contribution in [0.4, 0.5) is 5.82 Å². The van der Waals surface area contributed by atoms with Gasteiger partial charge in [-0.2, -0.15) is 5.21 Å². The van der Waals surface area contributed by atoms with E-state index in [0.29, 0.717) is 5.92 Å². The topological polar surface area (TPSA) is 83.5 Å². The van der Waals surface area contributed by atoms with Crippen molar-refractivity contribution in [2.24, 2.45) is 0 Å². The minimum absolute atomic E-state index is 0.305. The van der Waals surface area contributed by atoms with Crippen molar-refractivity contribution in [2.45, 2.75) is 18.8 Å². The van der Waals surface area contributed by atoms with E-state index < -0.39 is 0 Å². The summed E-state index contributed by atoms with van der Waals surface area (Å²) < 4.78 is 0.916. The molecule has 0 spiro atoms. The van der Waals surface area contributed by atoms with E-state index >= 15 is 0 Å². The first-order valence-corrected chi connectivity index (χ1v) is 6.57. The summed E-state index contributed by atoms with van der Waals surface area (Å²) >= 11 is 3.48. The van der Waals surface area contributed by atoms with Crippen LogP contribution in [-0.4, -0.2) is 43.7 Å². The van der Waals surface area contributed by atoms with Gasteiger partial charge in [0.2, 0.25) is 0 Å². The Kier molecular flexibility index (Phi) is 3.18. The first-order valence-electron chi connectivity index (χ1n) is 5.78. The minimum Gasteiger partial charge on any atom is -0.355 e. The Morgan fingerprint density at radius 3 is 3.17 bits per heavy atom. The highest BCUT2D eigenvalue weighted by Crippen LogP contribution is 2.30. The van der Waals surface area contributed by atoms with Gasteiger partial charge in [-0.05, 0) is 28.8 Å². The van der Waals surface area contributed by atoms with Crippen molar-refractivity contribution in [1.29, 1.82) is 0 Å². The van der Waals surface area contributed by atoms with Crippen LogP contribution in [0.25, 0.3) is 0 Å². The predicted molar refractivity (Wildman–Crippen MR) is 68.1 cm³/mol. The zero-order valence-corrected chi connectivity index (χ0v) is 11.2. The third kappa shape index (κ3) is 2.20. The molecule has 3 rings (SSSR count). The molecular weight excluding hydrogens is 298 g/mol. The lowest BCUT2D eigenvalue weighted by atomic mass is 9.97. The van der Waals surface area contributed by atoms with E-state index in [2.05, 4.69) is 51.4 Å². The highest BCUT2D eigenvalue weighted by molar-refractivity contribution is 9.10. The third-order valence-corrected chi connectivity index (χ3v) is 3.66. The Morgan fingerprint density at radius 1 is 1.44 bits per heavy atom. The number of halogens is 1. The molecule has 2 aromatic heterocycles. The zero-order valence-electron chi connectivity index (χ0n) is 9.62. The molecule has 7 nitrogen and oxygen atoms in total. The SMILES string of the molecule is Brc1cncnc1N1CCCC(c2nn[nH]n2)C1. The molecule has 1 N–H and O–H groups in total. The number of H-pyrrole nitrogens is 1. The molecule has 0 saturated carbocycles. The molecule has 1 unspecified atom stereocenters. The maximum Gasteiger partial charge on any atom is 0.179 e. The summed E-state index contributed by atoms with van der Waals surface area (Å²) in [6.07, 6.45) is 5.51. The van der Waals surface area contributed by atoms with Crippen LogP contribution in [0.15, 0.2) is 17.0 Å². The van der Waals surface area contributed by atoms with Crippen molar-refractivity contribution in [2.75, 3.05) is 18.0 Å². The standard InChI is InChI=1S/C10H12BrN7/c11-8-4-12-6-13-10(8)18-3-1-2-7(5-18)9-14-16-17-15-9/h4,6-7H,1-3,5H2,(H,14,15,16,17). The summed E-state index contributed by atoms with van der Waals surface area (Å²) in [6, 6.07) is 0. The summed E-state index contributed by atoms with van der Waals surface area (Å²) in [4.78, 5) is 10.5.